The molecule has 0 unspecified atom stereocenters. The Kier molecular flexibility index (Phi) is 6.78. The van der Waals surface area contributed by atoms with Crippen molar-refractivity contribution in [2.45, 2.75) is 50.8 Å². The Hall–Kier alpha value is -2.82. The van der Waals surface area contributed by atoms with E-state index in [1.165, 1.54) is 17.8 Å². The Morgan fingerprint density at radius 1 is 1.33 bits per heavy atom. The number of benzene rings is 1. The second-order valence-corrected chi connectivity index (χ2v) is 8.35. The molecule has 4 atom stereocenters. The van der Waals surface area contributed by atoms with Crippen LogP contribution in [0, 0.1) is 0 Å². The number of hydrogen-bond acceptors (Lipinski definition) is 8. The monoisotopic (exact) mass is 477 g/mol. The molecule has 176 valence electrons. The number of aromatic nitrogens is 4. The van der Waals surface area contributed by atoms with Gasteiger partial charge in [-0.1, -0.05) is 43.1 Å². The number of carbonyl (C=O) groups is 1. The number of nitrogens with zero attached hydrogens (tertiary/aromatic N) is 4. The molecule has 4 rings (SSSR count). The lowest BCUT2D eigenvalue weighted by molar-refractivity contribution is -0.101. The Bertz CT molecular complexity index is 1130. The summed E-state index contributed by atoms with van der Waals surface area (Å²) in [6, 6.07) is 8.35. The van der Waals surface area contributed by atoms with Gasteiger partial charge >= 0.3 is 5.97 Å². The molecule has 33 heavy (non-hydrogen) atoms. The number of nitrogen functional groups attached to an aromatic ring is 1. The molecule has 2 aromatic heterocycles. The van der Waals surface area contributed by atoms with Gasteiger partial charge in [0.05, 0.1) is 18.5 Å². The number of hydrogen-bond donors (Lipinski definition) is 1. The van der Waals surface area contributed by atoms with Crippen LogP contribution in [0.15, 0.2) is 36.7 Å². The number of ether oxygens (including phenoxy) is 3. The summed E-state index contributed by atoms with van der Waals surface area (Å²) in [6.45, 7) is 3.99. The highest BCUT2D eigenvalue weighted by Gasteiger charge is 2.59. The summed E-state index contributed by atoms with van der Waals surface area (Å²) in [5, 5.41) is 0.0495. The minimum atomic E-state index is -1.72. The molecule has 1 fully saturated rings. The van der Waals surface area contributed by atoms with E-state index < -0.39 is 30.1 Å². The molecule has 3 aromatic rings. The molecule has 1 aliphatic rings. The molecule has 0 bridgehead atoms. The van der Waals surface area contributed by atoms with Gasteiger partial charge in [0.25, 0.3) is 0 Å². The standard InChI is InChI=1S/C22H25ClFN5O4/c1-3-4-10-31-11-14-16(24)22(2,33-19(30)13-8-6-5-7-9-13)20(32-14)29-12-26-15-17(23)27-21(25)28-18(15)29/h5-9,12,14,16,20H,3-4,10-11H2,1-2H3,(H2,25,27,28)/t14-,16+,20-,22-/m1/s1. The lowest BCUT2D eigenvalue weighted by Crippen LogP contribution is -2.46. The van der Waals surface area contributed by atoms with E-state index in [4.69, 9.17) is 31.5 Å². The lowest BCUT2D eigenvalue weighted by Gasteiger charge is -2.31. The molecular weight excluding hydrogens is 453 g/mol. The van der Waals surface area contributed by atoms with Gasteiger partial charge in [0.1, 0.15) is 11.6 Å². The molecule has 2 N–H and O–H groups in total. The van der Waals surface area contributed by atoms with Gasteiger partial charge in [-0.25, -0.2) is 14.2 Å². The average Bonchev–Trinajstić information content (AvgIpc) is 3.31. The minimum absolute atomic E-state index is 0.000648. The van der Waals surface area contributed by atoms with Crippen LogP contribution in [0.25, 0.3) is 11.2 Å². The van der Waals surface area contributed by atoms with E-state index in [1.54, 1.807) is 30.3 Å². The average molecular weight is 478 g/mol. The highest BCUT2D eigenvalue weighted by molar-refractivity contribution is 6.33. The third-order valence-electron chi connectivity index (χ3n) is 5.56. The van der Waals surface area contributed by atoms with E-state index in [2.05, 4.69) is 15.0 Å². The van der Waals surface area contributed by atoms with Crippen molar-refractivity contribution in [3.05, 3.63) is 47.4 Å². The summed E-state index contributed by atoms with van der Waals surface area (Å²) < 4.78 is 34.7. The van der Waals surface area contributed by atoms with Crippen molar-refractivity contribution in [2.75, 3.05) is 18.9 Å². The fourth-order valence-electron chi connectivity index (χ4n) is 3.80. The van der Waals surface area contributed by atoms with E-state index in [-0.39, 0.29) is 34.4 Å². The number of unbranched alkanes of at least 4 members (excludes halogenated alkanes) is 1. The van der Waals surface area contributed by atoms with Crippen molar-refractivity contribution < 1.29 is 23.4 Å². The van der Waals surface area contributed by atoms with Gasteiger partial charge in [0.2, 0.25) is 5.95 Å². The van der Waals surface area contributed by atoms with E-state index >= 15 is 4.39 Å². The topological polar surface area (TPSA) is 114 Å². The SMILES string of the molecule is CCCCOC[C@H]1O[C@@H](n2cnc3c(Cl)nc(N)nc32)[C@](C)(OC(=O)c2ccccc2)[C@H]1F. The van der Waals surface area contributed by atoms with Crippen molar-refractivity contribution >= 4 is 34.7 Å². The Morgan fingerprint density at radius 3 is 2.82 bits per heavy atom. The van der Waals surface area contributed by atoms with Gasteiger partial charge in [-0.2, -0.15) is 9.97 Å². The van der Waals surface area contributed by atoms with Crippen molar-refractivity contribution in [3.63, 3.8) is 0 Å². The number of fused-ring (bicyclic) bond motifs is 1. The zero-order valence-corrected chi connectivity index (χ0v) is 19.0. The molecule has 1 aliphatic heterocycles. The number of esters is 1. The fraction of sp³-hybridized carbons (Fsp3) is 0.455. The van der Waals surface area contributed by atoms with Crippen molar-refractivity contribution in [3.8, 4) is 0 Å². The van der Waals surface area contributed by atoms with E-state index in [1.807, 2.05) is 6.92 Å². The molecule has 0 radical (unpaired) electrons. The minimum Gasteiger partial charge on any atom is -0.448 e. The number of alkyl halides is 1. The molecule has 0 aliphatic carbocycles. The van der Waals surface area contributed by atoms with Crippen LogP contribution in [-0.2, 0) is 14.2 Å². The second kappa shape index (κ2) is 9.58. The number of halogens is 2. The zero-order chi connectivity index (χ0) is 23.6. The van der Waals surface area contributed by atoms with Crippen LogP contribution in [0.1, 0.15) is 43.3 Å². The highest BCUT2D eigenvalue weighted by atomic mass is 35.5. The van der Waals surface area contributed by atoms with Gasteiger partial charge in [-0.05, 0) is 25.5 Å². The lowest BCUT2D eigenvalue weighted by atomic mass is 9.97. The maximum Gasteiger partial charge on any atom is 0.338 e. The van der Waals surface area contributed by atoms with Crippen LogP contribution in [-0.4, -0.2) is 56.6 Å². The maximum absolute atomic E-state index is 15.8. The number of anilines is 1. The van der Waals surface area contributed by atoms with Crippen molar-refractivity contribution in [2.24, 2.45) is 0 Å². The Labute approximate surface area is 195 Å². The molecule has 11 heteroatoms. The van der Waals surface area contributed by atoms with E-state index in [0.29, 0.717) is 6.61 Å². The predicted molar refractivity (Wildman–Crippen MR) is 120 cm³/mol. The first-order chi connectivity index (χ1) is 15.8. The van der Waals surface area contributed by atoms with E-state index in [9.17, 15) is 4.79 Å². The zero-order valence-electron chi connectivity index (χ0n) is 18.3. The smallest absolute Gasteiger partial charge is 0.338 e. The van der Waals surface area contributed by atoms with Gasteiger partial charge < -0.3 is 19.9 Å². The van der Waals surface area contributed by atoms with Crippen LogP contribution in [0.5, 0.6) is 0 Å². The molecule has 3 heterocycles. The third kappa shape index (κ3) is 4.50. The normalized spacial score (nSPS) is 24.9. The van der Waals surface area contributed by atoms with Crippen LogP contribution in [0.4, 0.5) is 10.3 Å². The first kappa shape index (κ1) is 23.3. The third-order valence-corrected chi connectivity index (χ3v) is 5.83. The van der Waals surface area contributed by atoms with Gasteiger partial charge in [0.15, 0.2) is 28.8 Å². The molecule has 0 spiro atoms. The van der Waals surface area contributed by atoms with Crippen molar-refractivity contribution in [1.29, 1.82) is 0 Å². The molecular formula is C22H25ClFN5O4. The molecule has 9 nitrogen and oxygen atoms in total. The summed E-state index contributed by atoms with van der Waals surface area (Å²) in [7, 11) is 0. The molecule has 0 amide bonds. The predicted octanol–water partition coefficient (Wildman–Crippen LogP) is 3.73. The summed E-state index contributed by atoms with van der Waals surface area (Å²) in [6.07, 6.45) is -0.597. The van der Waals surface area contributed by atoms with Crippen LogP contribution in [0.2, 0.25) is 5.15 Å². The first-order valence-corrected chi connectivity index (χ1v) is 11.0. The number of nitrogens with two attached hydrogens (primary N) is 1. The second-order valence-electron chi connectivity index (χ2n) is 7.99. The van der Waals surface area contributed by atoms with Crippen LogP contribution < -0.4 is 5.73 Å². The quantitative estimate of drug-likeness (QED) is 0.296. The first-order valence-electron chi connectivity index (χ1n) is 10.7. The largest absolute Gasteiger partial charge is 0.448 e. The summed E-state index contributed by atoms with van der Waals surface area (Å²) >= 11 is 6.15. The van der Waals surface area contributed by atoms with Gasteiger partial charge in [0, 0.05) is 6.61 Å². The van der Waals surface area contributed by atoms with Crippen LogP contribution >= 0.6 is 11.6 Å². The summed E-state index contributed by atoms with van der Waals surface area (Å²) in [4.78, 5) is 25.2. The molecule has 1 saturated heterocycles. The summed E-state index contributed by atoms with van der Waals surface area (Å²) in [5.74, 6) is -0.759. The highest BCUT2D eigenvalue weighted by Crippen LogP contribution is 2.44. The fourth-order valence-corrected chi connectivity index (χ4v) is 4.02. The summed E-state index contributed by atoms with van der Waals surface area (Å²) in [5.41, 5.74) is 4.83. The van der Waals surface area contributed by atoms with Gasteiger partial charge in [-0.15, -0.1) is 0 Å². The van der Waals surface area contributed by atoms with Crippen LogP contribution in [0.3, 0.4) is 0 Å². The Morgan fingerprint density at radius 2 is 2.09 bits per heavy atom. The number of imidazole rings is 1. The molecule has 1 aromatic carbocycles. The number of rotatable bonds is 8. The van der Waals surface area contributed by atoms with Gasteiger partial charge in [-0.3, -0.25) is 4.57 Å². The number of carbonyl (C=O) groups excluding carboxylic acids is 1. The van der Waals surface area contributed by atoms with Crippen molar-refractivity contribution in [1.82, 2.24) is 19.5 Å². The Balaban J connectivity index is 1.70. The molecule has 0 saturated carbocycles. The van der Waals surface area contributed by atoms with E-state index in [0.717, 1.165) is 12.8 Å². The maximum atomic E-state index is 15.8.